The van der Waals surface area contributed by atoms with Crippen molar-refractivity contribution >= 4 is 0 Å². The number of phenolic OH excluding ortho intramolecular Hbond substituents is 1. The van der Waals surface area contributed by atoms with Gasteiger partial charge in [0.25, 0.3) is 0 Å². The van der Waals surface area contributed by atoms with Crippen molar-refractivity contribution in [2.45, 2.75) is 6.42 Å². The van der Waals surface area contributed by atoms with Crippen molar-refractivity contribution in [3.05, 3.63) is 59.7 Å². The smallest absolute Gasteiger partial charge is 0.115 e. The summed E-state index contributed by atoms with van der Waals surface area (Å²) in [5.74, 6) is 0.277. The molecule has 0 aliphatic heterocycles. The molecule has 3 heteroatoms. The van der Waals surface area contributed by atoms with Crippen LogP contribution in [0.25, 0.3) is 22.5 Å². The van der Waals surface area contributed by atoms with Gasteiger partial charge in [0, 0.05) is 23.1 Å². The van der Waals surface area contributed by atoms with Crippen molar-refractivity contribution in [1.82, 2.24) is 10.2 Å². The van der Waals surface area contributed by atoms with E-state index in [1.165, 1.54) is 16.7 Å². The molecule has 0 fully saturated rings. The highest BCUT2D eigenvalue weighted by Crippen LogP contribution is 2.39. The molecule has 92 valence electrons. The maximum absolute atomic E-state index is 9.36. The largest absolute Gasteiger partial charge is 0.508 e. The Kier molecular flexibility index (Phi) is 2.03. The number of H-pyrrole nitrogens is 1. The summed E-state index contributed by atoms with van der Waals surface area (Å²) in [6.45, 7) is 0. The summed E-state index contributed by atoms with van der Waals surface area (Å²) >= 11 is 0. The summed E-state index contributed by atoms with van der Waals surface area (Å²) in [5.41, 5.74) is 6.96. The first kappa shape index (κ1) is 10.4. The first-order valence-corrected chi connectivity index (χ1v) is 6.28. The molecular formula is C16H12N2O. The summed E-state index contributed by atoms with van der Waals surface area (Å²) in [5, 5.41) is 16.9. The molecule has 0 amide bonds. The quantitative estimate of drug-likeness (QED) is 0.542. The number of nitrogens with one attached hydrogen (secondary N) is 1. The van der Waals surface area contributed by atoms with Gasteiger partial charge in [-0.2, -0.15) is 5.10 Å². The van der Waals surface area contributed by atoms with E-state index >= 15 is 0 Å². The van der Waals surface area contributed by atoms with Crippen molar-refractivity contribution < 1.29 is 5.11 Å². The fourth-order valence-electron chi connectivity index (χ4n) is 2.73. The van der Waals surface area contributed by atoms with Crippen LogP contribution in [-0.4, -0.2) is 15.3 Å². The summed E-state index contributed by atoms with van der Waals surface area (Å²) in [4.78, 5) is 0. The fourth-order valence-corrected chi connectivity index (χ4v) is 2.73. The second-order valence-electron chi connectivity index (χ2n) is 4.81. The number of nitrogens with zero attached hydrogens (tertiary/aromatic N) is 1. The van der Waals surface area contributed by atoms with E-state index in [9.17, 15) is 5.11 Å². The van der Waals surface area contributed by atoms with Crippen LogP contribution in [0.1, 0.15) is 11.1 Å². The number of hydrogen-bond donors (Lipinski definition) is 2. The lowest BCUT2D eigenvalue weighted by Gasteiger charge is -2.00. The Balaban J connectivity index is 1.87. The third-order valence-electron chi connectivity index (χ3n) is 3.66. The number of rotatable bonds is 1. The molecule has 4 rings (SSSR count). The minimum atomic E-state index is 0.277. The van der Waals surface area contributed by atoms with Crippen LogP contribution in [0, 0.1) is 0 Å². The van der Waals surface area contributed by atoms with Crippen molar-refractivity contribution in [3.8, 4) is 28.3 Å². The van der Waals surface area contributed by atoms with E-state index in [1.807, 2.05) is 12.1 Å². The Morgan fingerprint density at radius 1 is 1.00 bits per heavy atom. The van der Waals surface area contributed by atoms with Gasteiger partial charge in [-0.05, 0) is 29.8 Å². The monoisotopic (exact) mass is 248 g/mol. The fraction of sp³-hybridized carbons (Fsp3) is 0.0625. The molecule has 0 bridgehead atoms. The zero-order valence-corrected chi connectivity index (χ0v) is 10.2. The summed E-state index contributed by atoms with van der Waals surface area (Å²) in [6.07, 6.45) is 0.915. The molecule has 0 saturated carbocycles. The molecule has 0 radical (unpaired) electrons. The molecule has 0 atom stereocenters. The molecule has 19 heavy (non-hydrogen) atoms. The lowest BCUT2D eigenvalue weighted by atomic mass is 10.1. The van der Waals surface area contributed by atoms with E-state index in [0.29, 0.717) is 0 Å². The highest BCUT2D eigenvalue weighted by atomic mass is 16.3. The first-order chi connectivity index (χ1) is 9.33. The topological polar surface area (TPSA) is 48.9 Å². The standard InChI is InChI=1S/C16H12N2O/c19-12-7-5-10(6-8-12)15-14-9-11-3-1-2-4-13(11)16(14)18-17-15/h1-8,19H,9H2,(H,17,18). The number of aromatic amines is 1. The van der Waals surface area contributed by atoms with Gasteiger partial charge >= 0.3 is 0 Å². The van der Waals surface area contributed by atoms with Crippen LogP contribution in [0.3, 0.4) is 0 Å². The second kappa shape index (κ2) is 3.72. The van der Waals surface area contributed by atoms with Crippen LogP contribution < -0.4 is 0 Å². The van der Waals surface area contributed by atoms with E-state index in [4.69, 9.17) is 0 Å². The molecule has 0 unspecified atom stereocenters. The minimum absolute atomic E-state index is 0.277. The zero-order valence-electron chi connectivity index (χ0n) is 10.2. The molecule has 3 aromatic rings. The van der Waals surface area contributed by atoms with Gasteiger partial charge in [-0.1, -0.05) is 24.3 Å². The zero-order chi connectivity index (χ0) is 12.8. The molecule has 1 aliphatic carbocycles. The van der Waals surface area contributed by atoms with Gasteiger partial charge in [0.2, 0.25) is 0 Å². The van der Waals surface area contributed by atoms with Crippen molar-refractivity contribution in [1.29, 1.82) is 0 Å². The number of benzene rings is 2. The molecule has 2 aromatic carbocycles. The molecule has 2 N–H and O–H groups in total. The van der Waals surface area contributed by atoms with Gasteiger partial charge in [-0.15, -0.1) is 0 Å². The van der Waals surface area contributed by atoms with E-state index in [1.54, 1.807) is 12.1 Å². The maximum atomic E-state index is 9.36. The maximum Gasteiger partial charge on any atom is 0.115 e. The predicted octanol–water partition coefficient (Wildman–Crippen LogP) is 3.35. The van der Waals surface area contributed by atoms with Crippen LogP contribution in [0.5, 0.6) is 5.75 Å². The Labute approximate surface area is 110 Å². The predicted molar refractivity (Wildman–Crippen MR) is 73.9 cm³/mol. The average molecular weight is 248 g/mol. The Bertz CT molecular complexity index is 757. The summed E-state index contributed by atoms with van der Waals surface area (Å²) in [7, 11) is 0. The van der Waals surface area contributed by atoms with Crippen molar-refractivity contribution in [3.63, 3.8) is 0 Å². The number of phenols is 1. The van der Waals surface area contributed by atoms with E-state index in [2.05, 4.69) is 34.5 Å². The molecule has 0 saturated heterocycles. The van der Waals surface area contributed by atoms with Crippen LogP contribution in [0.2, 0.25) is 0 Å². The molecule has 1 heterocycles. The van der Waals surface area contributed by atoms with Gasteiger partial charge in [0.15, 0.2) is 0 Å². The van der Waals surface area contributed by atoms with Crippen molar-refractivity contribution in [2.24, 2.45) is 0 Å². The second-order valence-corrected chi connectivity index (χ2v) is 4.81. The third-order valence-corrected chi connectivity index (χ3v) is 3.66. The van der Waals surface area contributed by atoms with Gasteiger partial charge in [0.05, 0.1) is 11.4 Å². The number of hydrogen-bond acceptors (Lipinski definition) is 2. The van der Waals surface area contributed by atoms with E-state index in [0.717, 1.165) is 23.4 Å². The Hall–Kier alpha value is -2.55. The molecule has 0 spiro atoms. The number of fused-ring (bicyclic) bond motifs is 3. The van der Waals surface area contributed by atoms with Crippen LogP contribution >= 0.6 is 0 Å². The third kappa shape index (κ3) is 1.48. The SMILES string of the molecule is Oc1ccc(-c2n[nH]c3c2Cc2ccccc2-3)cc1. The van der Waals surface area contributed by atoms with E-state index in [-0.39, 0.29) is 5.75 Å². The van der Waals surface area contributed by atoms with Crippen molar-refractivity contribution in [2.75, 3.05) is 0 Å². The summed E-state index contributed by atoms with van der Waals surface area (Å²) < 4.78 is 0. The summed E-state index contributed by atoms with van der Waals surface area (Å²) in [6, 6.07) is 15.6. The molecular weight excluding hydrogens is 236 g/mol. The molecule has 3 nitrogen and oxygen atoms in total. The molecule has 1 aliphatic rings. The minimum Gasteiger partial charge on any atom is -0.508 e. The van der Waals surface area contributed by atoms with Gasteiger partial charge in [0.1, 0.15) is 5.75 Å². The van der Waals surface area contributed by atoms with Crippen LogP contribution in [0.4, 0.5) is 0 Å². The average Bonchev–Trinajstić information content (AvgIpc) is 2.98. The number of aromatic hydroxyl groups is 1. The van der Waals surface area contributed by atoms with Gasteiger partial charge in [-0.25, -0.2) is 0 Å². The first-order valence-electron chi connectivity index (χ1n) is 6.28. The van der Waals surface area contributed by atoms with Crippen LogP contribution in [0.15, 0.2) is 48.5 Å². The van der Waals surface area contributed by atoms with Gasteiger partial charge < -0.3 is 5.11 Å². The lowest BCUT2D eigenvalue weighted by molar-refractivity contribution is 0.475. The normalized spacial score (nSPS) is 12.2. The Morgan fingerprint density at radius 2 is 1.79 bits per heavy atom. The number of aromatic nitrogens is 2. The van der Waals surface area contributed by atoms with Gasteiger partial charge in [-0.3, -0.25) is 5.10 Å². The van der Waals surface area contributed by atoms with E-state index < -0.39 is 0 Å². The van der Waals surface area contributed by atoms with Crippen LogP contribution in [-0.2, 0) is 6.42 Å². The lowest BCUT2D eigenvalue weighted by Crippen LogP contribution is -1.86. The highest BCUT2D eigenvalue weighted by Gasteiger charge is 2.24. The Morgan fingerprint density at radius 3 is 2.63 bits per heavy atom. The molecule has 1 aromatic heterocycles. The highest BCUT2D eigenvalue weighted by molar-refractivity contribution is 5.80.